The molecule has 1 unspecified atom stereocenters. The van der Waals surface area contributed by atoms with E-state index in [1.54, 1.807) is 0 Å². The smallest absolute Gasteiger partial charge is 0.0214 e. The zero-order chi connectivity index (χ0) is 10.1. The Morgan fingerprint density at radius 2 is 2.00 bits per heavy atom. The highest BCUT2D eigenvalue weighted by Gasteiger charge is 2.36. The van der Waals surface area contributed by atoms with Crippen LogP contribution in [0.1, 0.15) is 33.6 Å². The van der Waals surface area contributed by atoms with Gasteiger partial charge in [0.25, 0.3) is 0 Å². The number of likely N-dealkylation sites (N-methyl/N-ethyl adjacent to an activating group) is 1. The van der Waals surface area contributed by atoms with Crippen molar-refractivity contribution in [2.24, 2.45) is 0 Å². The average molecular weight is 184 g/mol. The number of rotatable bonds is 4. The van der Waals surface area contributed by atoms with Crippen molar-refractivity contribution in [2.45, 2.75) is 45.2 Å². The fourth-order valence-electron chi connectivity index (χ4n) is 1.97. The first-order valence-corrected chi connectivity index (χ1v) is 5.39. The standard InChI is InChI=1S/C11H24N2/c1-6-10(12(4)5)9-13-8-7-11(13,2)3/h10H,6-9H2,1-5H3. The minimum absolute atomic E-state index is 0.462. The predicted molar refractivity (Wildman–Crippen MR) is 58.0 cm³/mol. The molecule has 0 aliphatic carbocycles. The lowest BCUT2D eigenvalue weighted by atomic mass is 9.88. The maximum absolute atomic E-state index is 2.60. The summed E-state index contributed by atoms with van der Waals surface area (Å²) in [5, 5.41) is 0. The van der Waals surface area contributed by atoms with Crippen LogP contribution in [0.15, 0.2) is 0 Å². The molecule has 78 valence electrons. The normalized spacial score (nSPS) is 24.5. The van der Waals surface area contributed by atoms with E-state index in [2.05, 4.69) is 44.7 Å². The number of nitrogens with zero attached hydrogens (tertiary/aromatic N) is 2. The zero-order valence-electron chi connectivity index (χ0n) is 9.80. The fourth-order valence-corrected chi connectivity index (χ4v) is 1.97. The van der Waals surface area contributed by atoms with E-state index in [4.69, 9.17) is 0 Å². The first kappa shape index (κ1) is 11.0. The maximum atomic E-state index is 2.60. The Morgan fingerprint density at radius 1 is 1.38 bits per heavy atom. The van der Waals surface area contributed by atoms with Gasteiger partial charge in [0.1, 0.15) is 0 Å². The minimum Gasteiger partial charge on any atom is -0.305 e. The van der Waals surface area contributed by atoms with Crippen LogP contribution in [-0.2, 0) is 0 Å². The number of hydrogen-bond donors (Lipinski definition) is 0. The molecule has 0 radical (unpaired) electrons. The lowest BCUT2D eigenvalue weighted by Crippen LogP contribution is -2.59. The molecule has 1 heterocycles. The van der Waals surface area contributed by atoms with Gasteiger partial charge in [0.15, 0.2) is 0 Å². The molecule has 2 heteroatoms. The van der Waals surface area contributed by atoms with Gasteiger partial charge in [0.05, 0.1) is 0 Å². The van der Waals surface area contributed by atoms with E-state index in [1.807, 2.05) is 0 Å². The van der Waals surface area contributed by atoms with Crippen LogP contribution in [-0.4, -0.2) is 48.6 Å². The van der Waals surface area contributed by atoms with E-state index in [9.17, 15) is 0 Å². The Hall–Kier alpha value is -0.0800. The Labute approximate surface area is 82.9 Å². The van der Waals surface area contributed by atoms with Crippen molar-refractivity contribution in [3.05, 3.63) is 0 Å². The van der Waals surface area contributed by atoms with Gasteiger partial charge < -0.3 is 4.90 Å². The molecule has 0 aromatic carbocycles. The maximum Gasteiger partial charge on any atom is 0.0214 e. The second-order valence-electron chi connectivity index (χ2n) is 5.03. The van der Waals surface area contributed by atoms with E-state index >= 15 is 0 Å². The molecule has 1 aliphatic rings. The van der Waals surface area contributed by atoms with Crippen LogP contribution in [0.3, 0.4) is 0 Å². The second kappa shape index (κ2) is 3.97. The summed E-state index contributed by atoms with van der Waals surface area (Å²) in [5.74, 6) is 0. The van der Waals surface area contributed by atoms with E-state index in [-0.39, 0.29) is 0 Å². The molecule has 0 aromatic heterocycles. The van der Waals surface area contributed by atoms with Gasteiger partial charge in [-0.1, -0.05) is 6.92 Å². The lowest BCUT2D eigenvalue weighted by molar-refractivity contribution is -0.00398. The van der Waals surface area contributed by atoms with E-state index < -0.39 is 0 Å². The van der Waals surface area contributed by atoms with E-state index in [0.29, 0.717) is 5.54 Å². The highest BCUT2D eigenvalue weighted by Crippen LogP contribution is 2.29. The summed E-state index contributed by atoms with van der Waals surface area (Å²) < 4.78 is 0. The molecule has 0 bridgehead atoms. The Balaban J connectivity index is 2.39. The van der Waals surface area contributed by atoms with Crippen molar-refractivity contribution in [1.82, 2.24) is 9.80 Å². The molecular weight excluding hydrogens is 160 g/mol. The molecule has 0 amide bonds. The van der Waals surface area contributed by atoms with Gasteiger partial charge in [0, 0.05) is 24.7 Å². The zero-order valence-corrected chi connectivity index (χ0v) is 9.80. The average Bonchev–Trinajstić information content (AvgIpc) is 2.03. The Bertz CT molecular complexity index is 161. The van der Waals surface area contributed by atoms with Crippen molar-refractivity contribution < 1.29 is 0 Å². The third-order valence-electron chi connectivity index (χ3n) is 3.48. The van der Waals surface area contributed by atoms with Gasteiger partial charge in [-0.15, -0.1) is 0 Å². The molecule has 0 aromatic rings. The molecule has 1 aliphatic heterocycles. The number of hydrogen-bond acceptors (Lipinski definition) is 2. The molecule has 1 atom stereocenters. The SMILES string of the molecule is CCC(CN1CCC1(C)C)N(C)C. The van der Waals surface area contributed by atoms with Crippen LogP contribution < -0.4 is 0 Å². The third-order valence-corrected chi connectivity index (χ3v) is 3.48. The summed E-state index contributed by atoms with van der Waals surface area (Å²) in [6.07, 6.45) is 2.61. The highest BCUT2D eigenvalue weighted by atomic mass is 15.3. The van der Waals surface area contributed by atoms with Crippen LogP contribution in [0.4, 0.5) is 0 Å². The van der Waals surface area contributed by atoms with Gasteiger partial charge in [-0.3, -0.25) is 4.90 Å². The molecule has 1 saturated heterocycles. The highest BCUT2D eigenvalue weighted by molar-refractivity contribution is 4.93. The van der Waals surface area contributed by atoms with Crippen LogP contribution in [0.25, 0.3) is 0 Å². The van der Waals surface area contributed by atoms with Crippen LogP contribution >= 0.6 is 0 Å². The molecular formula is C11H24N2. The first-order valence-electron chi connectivity index (χ1n) is 5.39. The van der Waals surface area contributed by atoms with Crippen LogP contribution in [0, 0.1) is 0 Å². The predicted octanol–water partition coefficient (Wildman–Crippen LogP) is 1.81. The largest absolute Gasteiger partial charge is 0.305 e. The molecule has 2 nitrogen and oxygen atoms in total. The van der Waals surface area contributed by atoms with Crippen LogP contribution in [0.5, 0.6) is 0 Å². The summed E-state index contributed by atoms with van der Waals surface area (Å²) in [6.45, 7) is 9.49. The summed E-state index contributed by atoms with van der Waals surface area (Å²) in [4.78, 5) is 4.94. The minimum atomic E-state index is 0.462. The molecule has 0 saturated carbocycles. The molecule has 1 rings (SSSR count). The number of likely N-dealkylation sites (tertiary alicyclic amines) is 1. The van der Waals surface area contributed by atoms with Crippen molar-refractivity contribution >= 4 is 0 Å². The summed E-state index contributed by atoms with van der Waals surface area (Å²) in [5.41, 5.74) is 0.462. The monoisotopic (exact) mass is 184 g/mol. The lowest BCUT2D eigenvalue weighted by Gasteiger charge is -2.50. The van der Waals surface area contributed by atoms with Gasteiger partial charge >= 0.3 is 0 Å². The Morgan fingerprint density at radius 3 is 2.23 bits per heavy atom. The van der Waals surface area contributed by atoms with E-state index in [0.717, 1.165) is 6.04 Å². The van der Waals surface area contributed by atoms with Gasteiger partial charge in [-0.25, -0.2) is 0 Å². The quantitative estimate of drug-likeness (QED) is 0.657. The Kier molecular flexibility index (Phi) is 3.36. The van der Waals surface area contributed by atoms with Crippen molar-refractivity contribution in [3.8, 4) is 0 Å². The van der Waals surface area contributed by atoms with Crippen molar-refractivity contribution in [1.29, 1.82) is 0 Å². The second-order valence-corrected chi connectivity index (χ2v) is 5.03. The van der Waals surface area contributed by atoms with Gasteiger partial charge in [0.2, 0.25) is 0 Å². The van der Waals surface area contributed by atoms with Crippen molar-refractivity contribution in [3.63, 3.8) is 0 Å². The third kappa shape index (κ3) is 2.44. The van der Waals surface area contributed by atoms with Crippen LogP contribution in [0.2, 0.25) is 0 Å². The fraction of sp³-hybridized carbons (Fsp3) is 1.00. The molecule has 0 spiro atoms. The summed E-state index contributed by atoms with van der Waals surface area (Å²) >= 11 is 0. The molecule has 1 fully saturated rings. The summed E-state index contributed by atoms with van der Waals surface area (Å²) in [7, 11) is 4.36. The molecule has 13 heavy (non-hydrogen) atoms. The topological polar surface area (TPSA) is 6.48 Å². The van der Waals surface area contributed by atoms with E-state index in [1.165, 1.54) is 25.9 Å². The first-order chi connectivity index (χ1) is 5.97. The van der Waals surface area contributed by atoms with Crippen molar-refractivity contribution in [2.75, 3.05) is 27.2 Å². The van der Waals surface area contributed by atoms with Gasteiger partial charge in [-0.2, -0.15) is 0 Å². The molecule has 0 N–H and O–H groups in total. The summed E-state index contributed by atoms with van der Waals surface area (Å²) in [6, 6.07) is 0.722. The van der Waals surface area contributed by atoms with Gasteiger partial charge in [-0.05, 0) is 40.8 Å².